The highest BCUT2D eigenvalue weighted by atomic mass is 14.1. The molecule has 0 amide bonds. The van der Waals surface area contributed by atoms with Gasteiger partial charge in [-0.05, 0) is 74.9 Å². The Balaban J connectivity index is 3.60. The zero-order chi connectivity index (χ0) is 9.46. The zero-order valence-corrected chi connectivity index (χ0v) is 7.73. The molecule has 0 spiro atoms. The first-order valence-electron chi connectivity index (χ1n) is 3.87. The van der Waals surface area contributed by atoms with Crippen LogP contribution >= 0.6 is 0 Å². The molecule has 0 saturated heterocycles. The largest absolute Gasteiger partial charge is 0.0435 e. The molecule has 60 valence electrons. The Bertz CT molecular complexity index is 214. The van der Waals surface area contributed by atoms with Crippen LogP contribution < -0.4 is 0 Å². The Morgan fingerprint density at radius 2 is 0.750 bits per heavy atom. The Morgan fingerprint density at radius 3 is 0.917 bits per heavy atom. The minimum absolute atomic E-state index is 0.704. The van der Waals surface area contributed by atoms with Gasteiger partial charge in [0.2, 0.25) is 0 Å². The summed E-state index contributed by atoms with van der Waals surface area (Å²) in [6.45, 7) is 23.1. The number of rotatable bonds is 0. The summed E-state index contributed by atoms with van der Waals surface area (Å²) in [4.78, 5) is 0. The third-order valence-corrected chi connectivity index (χ3v) is 2.42. The van der Waals surface area contributed by atoms with Crippen molar-refractivity contribution in [3.05, 3.63) is 54.2 Å². The third-order valence-electron chi connectivity index (χ3n) is 2.42. The predicted molar refractivity (Wildman–Crippen MR) is 50.9 cm³/mol. The highest BCUT2D eigenvalue weighted by Gasteiger charge is 2.08. The number of benzene rings is 1. The fraction of sp³-hybridized carbons (Fsp3) is 0.250. The highest BCUT2D eigenvalue weighted by molar-refractivity contribution is 5.53. The maximum absolute atomic E-state index is 5.79. The molecule has 0 aliphatic heterocycles. The zero-order valence-electron chi connectivity index (χ0n) is 7.73. The molecule has 0 fully saturated rings. The van der Waals surface area contributed by atoms with E-state index < -0.39 is 0 Å². The monoisotopic (exact) mass is 156 g/mol. The first kappa shape index (κ1) is 9.31. The smallest absolute Gasteiger partial charge is 0.000618 e. The molecular formula is C12H12. The van der Waals surface area contributed by atoms with Crippen molar-refractivity contribution >= 4 is 0 Å². The SMILES string of the molecule is [CH]c1c(C)c([CH])c(C)c([CH])c1C. The van der Waals surface area contributed by atoms with Crippen LogP contribution in [0.3, 0.4) is 0 Å². The molecule has 0 unspecified atom stereocenters. The number of hydrogen-bond donors (Lipinski definition) is 0. The van der Waals surface area contributed by atoms with Crippen molar-refractivity contribution in [2.75, 3.05) is 0 Å². The summed E-state index contributed by atoms with van der Waals surface area (Å²) in [5.41, 5.74) is 4.90. The van der Waals surface area contributed by atoms with Gasteiger partial charge < -0.3 is 0 Å². The van der Waals surface area contributed by atoms with E-state index >= 15 is 0 Å². The van der Waals surface area contributed by atoms with Gasteiger partial charge in [0.15, 0.2) is 0 Å². The fourth-order valence-electron chi connectivity index (χ4n) is 1.28. The molecular weight excluding hydrogens is 144 g/mol. The topological polar surface area (TPSA) is 0 Å². The highest BCUT2D eigenvalue weighted by Crippen LogP contribution is 2.24. The number of hydrogen-bond acceptors (Lipinski definition) is 0. The molecule has 0 aromatic heterocycles. The van der Waals surface area contributed by atoms with Crippen molar-refractivity contribution in [1.82, 2.24) is 0 Å². The van der Waals surface area contributed by atoms with E-state index in [0.29, 0.717) is 16.7 Å². The van der Waals surface area contributed by atoms with Gasteiger partial charge in [-0.1, -0.05) is 0 Å². The Morgan fingerprint density at radius 1 is 0.583 bits per heavy atom. The Labute approximate surface area is 75.6 Å². The van der Waals surface area contributed by atoms with Crippen LogP contribution in [0.2, 0.25) is 0 Å². The lowest BCUT2D eigenvalue weighted by molar-refractivity contribution is 1.22. The Hall–Kier alpha value is -0.780. The van der Waals surface area contributed by atoms with Crippen molar-refractivity contribution in [2.45, 2.75) is 20.8 Å². The lowest BCUT2D eigenvalue weighted by Gasteiger charge is -2.14. The molecule has 0 bridgehead atoms. The molecule has 0 heterocycles. The first-order chi connectivity index (χ1) is 5.46. The summed E-state index contributed by atoms with van der Waals surface area (Å²) in [5, 5.41) is 0. The summed E-state index contributed by atoms with van der Waals surface area (Å²) in [6, 6.07) is 0. The van der Waals surface area contributed by atoms with E-state index in [2.05, 4.69) is 0 Å². The molecule has 1 rings (SSSR count). The van der Waals surface area contributed by atoms with E-state index in [0.717, 1.165) is 16.7 Å². The summed E-state index contributed by atoms with van der Waals surface area (Å²) in [7, 11) is 0. The predicted octanol–water partition coefficient (Wildman–Crippen LogP) is 2.79. The van der Waals surface area contributed by atoms with Crippen molar-refractivity contribution in [3.63, 3.8) is 0 Å². The van der Waals surface area contributed by atoms with Gasteiger partial charge in [0.25, 0.3) is 0 Å². The van der Waals surface area contributed by atoms with Crippen LogP contribution in [-0.4, -0.2) is 0 Å². The summed E-state index contributed by atoms with van der Waals surface area (Å²) in [5.74, 6) is 0. The van der Waals surface area contributed by atoms with Gasteiger partial charge in [-0.25, -0.2) is 0 Å². The second-order valence-corrected chi connectivity index (χ2v) is 3.12. The van der Waals surface area contributed by atoms with Crippen LogP contribution in [-0.2, 0) is 0 Å². The van der Waals surface area contributed by atoms with E-state index in [9.17, 15) is 0 Å². The van der Waals surface area contributed by atoms with Crippen LogP contribution in [0, 0.1) is 41.5 Å². The summed E-state index contributed by atoms with van der Waals surface area (Å²) >= 11 is 0. The van der Waals surface area contributed by atoms with E-state index in [-0.39, 0.29) is 0 Å². The van der Waals surface area contributed by atoms with E-state index in [1.807, 2.05) is 20.8 Å². The fourth-order valence-corrected chi connectivity index (χ4v) is 1.28. The van der Waals surface area contributed by atoms with E-state index in [1.165, 1.54) is 0 Å². The van der Waals surface area contributed by atoms with Gasteiger partial charge in [0.1, 0.15) is 0 Å². The van der Waals surface area contributed by atoms with Crippen LogP contribution in [0.5, 0.6) is 0 Å². The van der Waals surface area contributed by atoms with Gasteiger partial charge in [0, 0.05) is 0 Å². The van der Waals surface area contributed by atoms with Gasteiger partial charge >= 0.3 is 0 Å². The van der Waals surface area contributed by atoms with Gasteiger partial charge in [-0.2, -0.15) is 0 Å². The average Bonchev–Trinajstić information content (AvgIpc) is 2.08. The summed E-state index contributed by atoms with van der Waals surface area (Å²) < 4.78 is 0. The lowest BCUT2D eigenvalue weighted by Crippen LogP contribution is -1.98. The molecule has 0 saturated carbocycles. The quantitative estimate of drug-likeness (QED) is 0.542. The average molecular weight is 156 g/mol. The van der Waals surface area contributed by atoms with E-state index in [1.54, 1.807) is 0 Å². The van der Waals surface area contributed by atoms with E-state index in [4.69, 9.17) is 20.8 Å². The van der Waals surface area contributed by atoms with Gasteiger partial charge in [-0.15, -0.1) is 0 Å². The van der Waals surface area contributed by atoms with Crippen molar-refractivity contribution in [3.8, 4) is 0 Å². The van der Waals surface area contributed by atoms with Crippen molar-refractivity contribution in [1.29, 1.82) is 0 Å². The molecule has 1 aromatic carbocycles. The maximum atomic E-state index is 5.79. The third kappa shape index (κ3) is 1.16. The van der Waals surface area contributed by atoms with Crippen molar-refractivity contribution in [2.24, 2.45) is 0 Å². The Kier molecular flexibility index (Phi) is 2.27. The van der Waals surface area contributed by atoms with Crippen molar-refractivity contribution < 1.29 is 0 Å². The normalized spacial score (nSPS) is 10.5. The molecule has 0 N–H and O–H groups in total. The second kappa shape index (κ2) is 2.93. The summed E-state index contributed by atoms with van der Waals surface area (Å²) in [6.07, 6.45) is 0. The molecule has 0 atom stereocenters. The maximum Gasteiger partial charge on any atom is -0.000618 e. The second-order valence-electron chi connectivity index (χ2n) is 3.12. The standard InChI is InChI=1S/C12H12/c1-7-8(2)10(4)12(6)11(5)9(7)3/h1,4-5H,2-3,6H3. The van der Waals surface area contributed by atoms with Gasteiger partial charge in [0.05, 0.1) is 0 Å². The van der Waals surface area contributed by atoms with Gasteiger partial charge in [-0.3, -0.25) is 0 Å². The van der Waals surface area contributed by atoms with Crippen LogP contribution in [0.1, 0.15) is 33.4 Å². The van der Waals surface area contributed by atoms with Crippen LogP contribution in [0.4, 0.5) is 0 Å². The molecule has 0 heteroatoms. The molecule has 0 nitrogen and oxygen atoms in total. The minimum atomic E-state index is 0.704. The molecule has 6 radical (unpaired) electrons. The molecule has 12 heavy (non-hydrogen) atoms. The minimum Gasteiger partial charge on any atom is -0.0435 e. The first-order valence-corrected chi connectivity index (χ1v) is 3.87. The molecule has 0 aliphatic carbocycles. The molecule has 1 aromatic rings. The van der Waals surface area contributed by atoms with Crippen LogP contribution in [0.15, 0.2) is 0 Å². The lowest BCUT2D eigenvalue weighted by atomic mass is 9.90. The molecule has 0 aliphatic rings. The van der Waals surface area contributed by atoms with Crippen LogP contribution in [0.25, 0.3) is 0 Å².